The third kappa shape index (κ3) is 2.60. The SMILES string of the molecule is CC(=O)N[C@H]1C(=O)N(Cc2ccc(C)cc2)c2ccccc21. The molecule has 1 aliphatic heterocycles. The Morgan fingerprint density at radius 1 is 1.14 bits per heavy atom. The molecule has 4 heteroatoms. The number of anilines is 1. The summed E-state index contributed by atoms with van der Waals surface area (Å²) in [4.78, 5) is 25.8. The maximum Gasteiger partial charge on any atom is 0.254 e. The van der Waals surface area contributed by atoms with E-state index in [4.69, 9.17) is 0 Å². The summed E-state index contributed by atoms with van der Waals surface area (Å²) >= 11 is 0. The molecule has 0 spiro atoms. The van der Waals surface area contributed by atoms with Crippen molar-refractivity contribution in [3.05, 3.63) is 65.2 Å². The molecule has 0 radical (unpaired) electrons. The summed E-state index contributed by atoms with van der Waals surface area (Å²) in [6, 6.07) is 15.1. The second-order valence-corrected chi connectivity index (χ2v) is 5.60. The number of rotatable bonds is 3. The minimum Gasteiger partial charge on any atom is -0.341 e. The van der Waals surface area contributed by atoms with Gasteiger partial charge in [-0.1, -0.05) is 48.0 Å². The number of benzene rings is 2. The molecule has 0 saturated carbocycles. The molecule has 0 saturated heterocycles. The van der Waals surface area contributed by atoms with Crippen LogP contribution in [0.25, 0.3) is 0 Å². The van der Waals surface area contributed by atoms with E-state index in [2.05, 4.69) is 5.32 Å². The van der Waals surface area contributed by atoms with E-state index in [1.165, 1.54) is 12.5 Å². The molecule has 112 valence electrons. The lowest BCUT2D eigenvalue weighted by Crippen LogP contribution is -2.36. The zero-order chi connectivity index (χ0) is 15.7. The Balaban J connectivity index is 1.93. The van der Waals surface area contributed by atoms with Crippen LogP contribution in [0, 0.1) is 6.92 Å². The van der Waals surface area contributed by atoms with Crippen molar-refractivity contribution in [3.8, 4) is 0 Å². The summed E-state index contributed by atoms with van der Waals surface area (Å²) in [6.07, 6.45) is 0. The van der Waals surface area contributed by atoms with Crippen molar-refractivity contribution in [2.75, 3.05) is 4.90 Å². The van der Waals surface area contributed by atoms with Crippen molar-refractivity contribution in [1.82, 2.24) is 5.32 Å². The monoisotopic (exact) mass is 294 g/mol. The van der Waals surface area contributed by atoms with Crippen LogP contribution in [0.4, 0.5) is 5.69 Å². The number of nitrogens with zero attached hydrogens (tertiary/aromatic N) is 1. The number of carbonyl (C=O) groups is 2. The van der Waals surface area contributed by atoms with Gasteiger partial charge in [-0.3, -0.25) is 9.59 Å². The topological polar surface area (TPSA) is 49.4 Å². The Morgan fingerprint density at radius 3 is 2.50 bits per heavy atom. The van der Waals surface area contributed by atoms with Crippen molar-refractivity contribution >= 4 is 17.5 Å². The molecular formula is C18H18N2O2. The van der Waals surface area contributed by atoms with Crippen LogP contribution in [-0.2, 0) is 16.1 Å². The molecular weight excluding hydrogens is 276 g/mol. The predicted molar refractivity (Wildman–Crippen MR) is 85.4 cm³/mol. The lowest BCUT2D eigenvalue weighted by Gasteiger charge is -2.18. The van der Waals surface area contributed by atoms with E-state index in [0.717, 1.165) is 16.8 Å². The van der Waals surface area contributed by atoms with Crippen LogP contribution in [0.1, 0.15) is 29.7 Å². The van der Waals surface area contributed by atoms with Gasteiger partial charge in [-0.2, -0.15) is 0 Å². The van der Waals surface area contributed by atoms with E-state index >= 15 is 0 Å². The first-order chi connectivity index (χ1) is 10.6. The number of aryl methyl sites for hydroxylation is 1. The first kappa shape index (κ1) is 14.3. The molecule has 0 aliphatic carbocycles. The van der Waals surface area contributed by atoms with Gasteiger partial charge in [0.25, 0.3) is 5.91 Å². The number of para-hydroxylation sites is 1. The van der Waals surface area contributed by atoms with Crippen molar-refractivity contribution < 1.29 is 9.59 Å². The number of hydrogen-bond acceptors (Lipinski definition) is 2. The molecule has 1 atom stereocenters. The van der Waals surface area contributed by atoms with E-state index in [1.54, 1.807) is 4.90 Å². The fourth-order valence-corrected chi connectivity index (χ4v) is 2.77. The van der Waals surface area contributed by atoms with Crippen LogP contribution >= 0.6 is 0 Å². The summed E-state index contributed by atoms with van der Waals surface area (Å²) < 4.78 is 0. The van der Waals surface area contributed by atoms with Gasteiger partial charge >= 0.3 is 0 Å². The molecule has 2 aromatic carbocycles. The smallest absolute Gasteiger partial charge is 0.254 e. The second-order valence-electron chi connectivity index (χ2n) is 5.60. The number of hydrogen-bond donors (Lipinski definition) is 1. The van der Waals surface area contributed by atoms with Crippen LogP contribution in [-0.4, -0.2) is 11.8 Å². The summed E-state index contributed by atoms with van der Waals surface area (Å²) in [5.74, 6) is -0.290. The van der Waals surface area contributed by atoms with Crippen LogP contribution in [0.5, 0.6) is 0 Å². The van der Waals surface area contributed by atoms with Gasteiger partial charge in [-0.15, -0.1) is 0 Å². The van der Waals surface area contributed by atoms with Gasteiger partial charge in [0.2, 0.25) is 5.91 Å². The van der Waals surface area contributed by atoms with E-state index in [9.17, 15) is 9.59 Å². The average molecular weight is 294 g/mol. The van der Waals surface area contributed by atoms with E-state index in [0.29, 0.717) is 6.54 Å². The molecule has 4 nitrogen and oxygen atoms in total. The first-order valence-electron chi connectivity index (χ1n) is 7.29. The van der Waals surface area contributed by atoms with Crippen LogP contribution in [0.15, 0.2) is 48.5 Å². The average Bonchev–Trinajstić information content (AvgIpc) is 2.75. The molecule has 1 N–H and O–H groups in total. The van der Waals surface area contributed by atoms with Gasteiger partial charge in [0, 0.05) is 18.2 Å². The molecule has 0 bridgehead atoms. The van der Waals surface area contributed by atoms with Gasteiger partial charge in [0.15, 0.2) is 0 Å². The summed E-state index contributed by atoms with van der Waals surface area (Å²) in [7, 11) is 0. The standard InChI is InChI=1S/C18H18N2O2/c1-12-7-9-14(10-8-12)11-20-16-6-4-3-5-15(16)17(18(20)22)19-13(2)21/h3-10,17H,11H2,1-2H3,(H,19,21)/t17-/m1/s1. The summed E-state index contributed by atoms with van der Waals surface area (Å²) in [6.45, 7) is 3.97. The molecule has 1 aliphatic rings. The minimum absolute atomic E-state index is 0.0861. The second kappa shape index (κ2) is 5.64. The fourth-order valence-electron chi connectivity index (χ4n) is 2.77. The molecule has 0 unspecified atom stereocenters. The zero-order valence-corrected chi connectivity index (χ0v) is 12.7. The molecule has 0 aromatic heterocycles. The Hall–Kier alpha value is -2.62. The molecule has 1 heterocycles. The molecule has 2 amide bonds. The Morgan fingerprint density at radius 2 is 1.82 bits per heavy atom. The molecule has 3 rings (SSSR count). The van der Waals surface area contributed by atoms with Crippen molar-refractivity contribution in [2.45, 2.75) is 26.4 Å². The maximum atomic E-state index is 12.7. The van der Waals surface area contributed by atoms with Crippen LogP contribution in [0.3, 0.4) is 0 Å². The van der Waals surface area contributed by atoms with Gasteiger partial charge in [-0.05, 0) is 18.6 Å². The highest BCUT2D eigenvalue weighted by molar-refractivity contribution is 6.06. The Kier molecular flexibility index (Phi) is 3.67. The highest BCUT2D eigenvalue weighted by Crippen LogP contribution is 2.36. The molecule has 0 fully saturated rings. The maximum absolute atomic E-state index is 12.7. The van der Waals surface area contributed by atoms with Gasteiger partial charge in [0.1, 0.15) is 6.04 Å². The van der Waals surface area contributed by atoms with E-state index < -0.39 is 6.04 Å². The Bertz CT molecular complexity index is 722. The summed E-state index contributed by atoms with van der Waals surface area (Å²) in [5, 5.41) is 2.74. The van der Waals surface area contributed by atoms with Gasteiger partial charge < -0.3 is 10.2 Å². The van der Waals surface area contributed by atoms with Gasteiger partial charge in [-0.25, -0.2) is 0 Å². The van der Waals surface area contributed by atoms with E-state index in [-0.39, 0.29) is 11.8 Å². The third-order valence-electron chi connectivity index (χ3n) is 3.86. The fraction of sp³-hybridized carbons (Fsp3) is 0.222. The van der Waals surface area contributed by atoms with Crippen molar-refractivity contribution in [2.24, 2.45) is 0 Å². The summed E-state index contributed by atoms with van der Waals surface area (Å²) in [5.41, 5.74) is 3.98. The van der Waals surface area contributed by atoms with Crippen LogP contribution < -0.4 is 10.2 Å². The highest BCUT2D eigenvalue weighted by atomic mass is 16.2. The minimum atomic E-state index is -0.584. The Labute approximate surface area is 129 Å². The number of nitrogens with one attached hydrogen (secondary N) is 1. The number of amides is 2. The van der Waals surface area contributed by atoms with Crippen LogP contribution in [0.2, 0.25) is 0 Å². The molecule has 22 heavy (non-hydrogen) atoms. The normalized spacial score (nSPS) is 16.5. The zero-order valence-electron chi connectivity index (χ0n) is 12.7. The third-order valence-corrected chi connectivity index (χ3v) is 3.86. The quantitative estimate of drug-likeness (QED) is 0.946. The number of fused-ring (bicyclic) bond motifs is 1. The lowest BCUT2D eigenvalue weighted by atomic mass is 10.1. The van der Waals surface area contributed by atoms with Gasteiger partial charge in [0.05, 0.1) is 6.54 Å². The van der Waals surface area contributed by atoms with Crippen molar-refractivity contribution in [1.29, 1.82) is 0 Å². The first-order valence-corrected chi connectivity index (χ1v) is 7.29. The lowest BCUT2D eigenvalue weighted by molar-refractivity contribution is -0.126. The predicted octanol–water partition coefficient (Wildman–Crippen LogP) is 2.72. The number of carbonyl (C=O) groups excluding carboxylic acids is 2. The molecule has 2 aromatic rings. The van der Waals surface area contributed by atoms with E-state index in [1.807, 2.05) is 55.5 Å². The largest absolute Gasteiger partial charge is 0.341 e. The van der Waals surface area contributed by atoms with Crippen molar-refractivity contribution in [3.63, 3.8) is 0 Å². The highest BCUT2D eigenvalue weighted by Gasteiger charge is 2.37.